The van der Waals surface area contributed by atoms with Gasteiger partial charge < -0.3 is 10.1 Å². The molecule has 3 nitrogen and oxygen atoms in total. The van der Waals surface area contributed by atoms with Gasteiger partial charge in [-0.1, -0.05) is 11.6 Å². The lowest BCUT2D eigenvalue weighted by atomic mass is 10.3. The average Bonchev–Trinajstić information content (AvgIpc) is 2.50. The predicted octanol–water partition coefficient (Wildman–Crippen LogP) is 4.47. The standard InChI is InChI=1S/C16H16ClNO2S/c1-11(20-14-7-3-12(17)4-8-14)16(19)18-13-5-9-15(21-2)10-6-13/h3-11H,1-2H3,(H,18,19)/t11-/m0/s1. The third-order valence-corrected chi connectivity index (χ3v) is 3.85. The van der Waals surface area contributed by atoms with Crippen LogP contribution < -0.4 is 10.1 Å². The van der Waals surface area contributed by atoms with Crippen molar-refractivity contribution in [2.75, 3.05) is 11.6 Å². The summed E-state index contributed by atoms with van der Waals surface area (Å²) < 4.78 is 5.57. The number of amides is 1. The van der Waals surface area contributed by atoms with Gasteiger partial charge in [0.1, 0.15) is 5.75 Å². The van der Waals surface area contributed by atoms with Gasteiger partial charge in [0.05, 0.1) is 0 Å². The highest BCUT2D eigenvalue weighted by molar-refractivity contribution is 7.98. The van der Waals surface area contributed by atoms with Crippen molar-refractivity contribution in [2.24, 2.45) is 0 Å². The van der Waals surface area contributed by atoms with Crippen LogP contribution in [0.2, 0.25) is 5.02 Å². The Bertz CT molecular complexity index is 599. The summed E-state index contributed by atoms with van der Waals surface area (Å²) in [4.78, 5) is 13.2. The number of anilines is 1. The number of ether oxygens (including phenoxy) is 1. The van der Waals surface area contributed by atoms with Crippen LogP contribution in [-0.4, -0.2) is 18.3 Å². The van der Waals surface area contributed by atoms with E-state index in [0.29, 0.717) is 10.8 Å². The van der Waals surface area contributed by atoms with Crippen molar-refractivity contribution in [3.05, 3.63) is 53.6 Å². The lowest BCUT2D eigenvalue weighted by Gasteiger charge is -2.15. The van der Waals surface area contributed by atoms with Crippen LogP contribution in [0.3, 0.4) is 0 Å². The van der Waals surface area contributed by atoms with Gasteiger partial charge in [-0.05, 0) is 61.7 Å². The molecule has 0 radical (unpaired) electrons. The molecule has 0 aromatic heterocycles. The molecule has 0 fully saturated rings. The summed E-state index contributed by atoms with van der Waals surface area (Å²) in [5.41, 5.74) is 0.754. The normalized spacial score (nSPS) is 11.8. The molecule has 1 atom stereocenters. The Morgan fingerprint density at radius 2 is 1.76 bits per heavy atom. The number of rotatable bonds is 5. The highest BCUT2D eigenvalue weighted by Crippen LogP contribution is 2.19. The van der Waals surface area contributed by atoms with Gasteiger partial charge >= 0.3 is 0 Å². The fourth-order valence-electron chi connectivity index (χ4n) is 1.69. The van der Waals surface area contributed by atoms with Crippen molar-refractivity contribution in [3.8, 4) is 5.75 Å². The zero-order valence-corrected chi connectivity index (χ0v) is 13.4. The first kappa shape index (κ1) is 15.7. The molecule has 0 unspecified atom stereocenters. The average molecular weight is 322 g/mol. The highest BCUT2D eigenvalue weighted by Gasteiger charge is 2.14. The molecule has 0 saturated heterocycles. The fraction of sp³-hybridized carbons (Fsp3) is 0.188. The van der Waals surface area contributed by atoms with Crippen molar-refractivity contribution in [2.45, 2.75) is 17.9 Å². The molecule has 1 N–H and O–H groups in total. The quantitative estimate of drug-likeness (QED) is 0.826. The maximum Gasteiger partial charge on any atom is 0.265 e. The zero-order valence-electron chi connectivity index (χ0n) is 11.8. The molecule has 2 rings (SSSR count). The summed E-state index contributed by atoms with van der Waals surface area (Å²) in [6.45, 7) is 1.71. The second-order valence-corrected chi connectivity index (χ2v) is 5.75. The molecule has 0 aliphatic carbocycles. The first-order chi connectivity index (χ1) is 10.1. The monoisotopic (exact) mass is 321 g/mol. The minimum Gasteiger partial charge on any atom is -0.481 e. The summed E-state index contributed by atoms with van der Waals surface area (Å²) in [6.07, 6.45) is 1.42. The third kappa shape index (κ3) is 4.69. The smallest absolute Gasteiger partial charge is 0.265 e. The molecule has 2 aromatic rings. The number of halogens is 1. The van der Waals surface area contributed by atoms with Crippen molar-refractivity contribution in [1.82, 2.24) is 0 Å². The van der Waals surface area contributed by atoms with Crippen LogP contribution in [0, 0.1) is 0 Å². The van der Waals surface area contributed by atoms with Gasteiger partial charge in [0.25, 0.3) is 5.91 Å². The summed E-state index contributed by atoms with van der Waals surface area (Å²) in [5, 5.41) is 3.46. The van der Waals surface area contributed by atoms with Crippen LogP contribution in [0.4, 0.5) is 5.69 Å². The number of carbonyl (C=O) groups excluding carboxylic acids is 1. The maximum atomic E-state index is 12.1. The van der Waals surface area contributed by atoms with Crippen LogP contribution in [-0.2, 0) is 4.79 Å². The number of benzene rings is 2. The fourth-order valence-corrected chi connectivity index (χ4v) is 2.22. The van der Waals surface area contributed by atoms with E-state index >= 15 is 0 Å². The summed E-state index contributed by atoms with van der Waals surface area (Å²) >= 11 is 7.46. The zero-order chi connectivity index (χ0) is 15.2. The van der Waals surface area contributed by atoms with Crippen molar-refractivity contribution in [1.29, 1.82) is 0 Å². The number of hydrogen-bond donors (Lipinski definition) is 1. The number of thioether (sulfide) groups is 1. The minimum absolute atomic E-state index is 0.193. The van der Waals surface area contributed by atoms with Crippen molar-refractivity contribution < 1.29 is 9.53 Å². The summed E-state index contributed by atoms with van der Waals surface area (Å²) in [6, 6.07) is 14.6. The van der Waals surface area contributed by atoms with E-state index in [4.69, 9.17) is 16.3 Å². The van der Waals surface area contributed by atoms with Gasteiger partial charge in [-0.3, -0.25) is 4.79 Å². The Morgan fingerprint density at radius 3 is 2.33 bits per heavy atom. The first-order valence-corrected chi connectivity index (χ1v) is 8.06. The van der Waals surface area contributed by atoms with Crippen LogP contribution >= 0.6 is 23.4 Å². The molecule has 110 valence electrons. The molecule has 0 spiro atoms. The number of hydrogen-bond acceptors (Lipinski definition) is 3. The Morgan fingerprint density at radius 1 is 1.14 bits per heavy atom. The lowest BCUT2D eigenvalue weighted by molar-refractivity contribution is -0.122. The summed E-state index contributed by atoms with van der Waals surface area (Å²) in [7, 11) is 0. The molecule has 5 heteroatoms. The molecule has 0 aliphatic heterocycles. The Hall–Kier alpha value is -1.65. The van der Waals surface area contributed by atoms with E-state index in [2.05, 4.69) is 5.32 Å². The van der Waals surface area contributed by atoms with E-state index in [1.165, 1.54) is 0 Å². The van der Waals surface area contributed by atoms with E-state index < -0.39 is 6.10 Å². The van der Waals surface area contributed by atoms with E-state index in [1.54, 1.807) is 43.0 Å². The molecule has 2 aromatic carbocycles. The second-order valence-electron chi connectivity index (χ2n) is 4.43. The Kier molecular flexibility index (Phi) is 5.53. The van der Waals surface area contributed by atoms with E-state index in [1.807, 2.05) is 30.5 Å². The molecule has 0 bridgehead atoms. The maximum absolute atomic E-state index is 12.1. The molecular weight excluding hydrogens is 306 g/mol. The van der Waals surface area contributed by atoms with E-state index in [0.717, 1.165) is 10.6 Å². The van der Waals surface area contributed by atoms with Crippen molar-refractivity contribution in [3.63, 3.8) is 0 Å². The summed E-state index contributed by atoms with van der Waals surface area (Å²) in [5.74, 6) is 0.418. The molecule has 1 amide bonds. The van der Waals surface area contributed by atoms with Gasteiger partial charge in [0.2, 0.25) is 0 Å². The number of carbonyl (C=O) groups is 1. The molecular formula is C16H16ClNO2S. The second kappa shape index (κ2) is 7.38. The third-order valence-electron chi connectivity index (χ3n) is 2.85. The predicted molar refractivity (Wildman–Crippen MR) is 88.4 cm³/mol. The molecule has 0 aliphatic rings. The highest BCUT2D eigenvalue weighted by atomic mass is 35.5. The van der Waals surface area contributed by atoms with Gasteiger partial charge in [-0.25, -0.2) is 0 Å². The molecule has 0 heterocycles. The van der Waals surface area contributed by atoms with Crippen LogP contribution in [0.25, 0.3) is 0 Å². The van der Waals surface area contributed by atoms with E-state index in [-0.39, 0.29) is 5.91 Å². The van der Waals surface area contributed by atoms with Gasteiger partial charge in [-0.2, -0.15) is 0 Å². The molecule has 0 saturated carbocycles. The van der Waals surface area contributed by atoms with Crippen LogP contribution in [0.1, 0.15) is 6.92 Å². The lowest BCUT2D eigenvalue weighted by Crippen LogP contribution is -2.30. The van der Waals surface area contributed by atoms with Crippen LogP contribution in [0.5, 0.6) is 5.75 Å². The number of nitrogens with one attached hydrogen (secondary N) is 1. The van der Waals surface area contributed by atoms with Gasteiger partial charge in [0, 0.05) is 15.6 Å². The molecule has 21 heavy (non-hydrogen) atoms. The Labute approximate surface area is 133 Å². The largest absolute Gasteiger partial charge is 0.481 e. The van der Waals surface area contributed by atoms with Crippen LogP contribution in [0.15, 0.2) is 53.4 Å². The minimum atomic E-state index is -0.591. The topological polar surface area (TPSA) is 38.3 Å². The van der Waals surface area contributed by atoms with Gasteiger partial charge in [0.15, 0.2) is 6.10 Å². The SMILES string of the molecule is CSc1ccc(NC(=O)[C@H](C)Oc2ccc(Cl)cc2)cc1. The van der Waals surface area contributed by atoms with Gasteiger partial charge in [-0.15, -0.1) is 11.8 Å². The van der Waals surface area contributed by atoms with Crippen molar-refractivity contribution >= 4 is 35.0 Å². The Balaban J connectivity index is 1.93. The van der Waals surface area contributed by atoms with E-state index in [9.17, 15) is 4.79 Å². The first-order valence-electron chi connectivity index (χ1n) is 6.45.